The van der Waals surface area contributed by atoms with Gasteiger partial charge in [0.25, 0.3) is 0 Å². The van der Waals surface area contributed by atoms with Gasteiger partial charge in [0.15, 0.2) is 0 Å². The number of likely N-dealkylation sites (tertiary alicyclic amines) is 1. The van der Waals surface area contributed by atoms with Gasteiger partial charge >= 0.3 is 0 Å². The molecule has 0 aromatic carbocycles. The fraction of sp³-hybridized carbons (Fsp3) is 0.462. The van der Waals surface area contributed by atoms with Gasteiger partial charge in [0.2, 0.25) is 5.91 Å². The summed E-state index contributed by atoms with van der Waals surface area (Å²) in [5, 5.41) is 2.95. The van der Waals surface area contributed by atoms with Crippen molar-refractivity contribution in [1.29, 1.82) is 0 Å². The number of pyridine rings is 1. The quantitative estimate of drug-likeness (QED) is 0.781. The predicted molar refractivity (Wildman–Crippen MR) is 77.6 cm³/mol. The van der Waals surface area contributed by atoms with E-state index in [1.165, 1.54) is 0 Å². The van der Waals surface area contributed by atoms with Crippen molar-refractivity contribution in [3.05, 3.63) is 29.6 Å². The molecule has 1 saturated heterocycles. The van der Waals surface area contributed by atoms with E-state index >= 15 is 0 Å². The minimum absolute atomic E-state index is 0.0250. The molecule has 0 aliphatic carbocycles. The lowest BCUT2D eigenvalue weighted by atomic mass is 10.2. The molecule has 0 bridgehead atoms. The number of amides is 1. The third-order valence-corrected chi connectivity index (χ3v) is 3.39. The molecule has 2 heterocycles. The number of thiocarbonyl (C=S) groups is 1. The van der Waals surface area contributed by atoms with Gasteiger partial charge in [-0.1, -0.05) is 18.3 Å². The van der Waals surface area contributed by atoms with Crippen LogP contribution in [0, 0.1) is 0 Å². The van der Waals surface area contributed by atoms with Crippen LogP contribution in [0.5, 0.6) is 0 Å². The van der Waals surface area contributed by atoms with Crippen LogP contribution in [0.1, 0.15) is 24.6 Å². The zero-order chi connectivity index (χ0) is 13.8. The molecule has 1 fully saturated rings. The maximum Gasteiger partial charge on any atom is 0.217 e. The summed E-state index contributed by atoms with van der Waals surface area (Å²) in [5.41, 5.74) is 7.41. The van der Waals surface area contributed by atoms with Gasteiger partial charge < -0.3 is 11.1 Å². The van der Waals surface area contributed by atoms with Crippen LogP contribution >= 0.6 is 12.2 Å². The Morgan fingerprint density at radius 3 is 3.16 bits per heavy atom. The Labute approximate surface area is 118 Å². The van der Waals surface area contributed by atoms with Crippen molar-refractivity contribution in [1.82, 2.24) is 15.2 Å². The molecule has 3 N–H and O–H groups in total. The fourth-order valence-corrected chi connectivity index (χ4v) is 2.59. The predicted octanol–water partition coefficient (Wildman–Crippen LogP) is 0.426. The zero-order valence-corrected chi connectivity index (χ0v) is 11.7. The van der Waals surface area contributed by atoms with Gasteiger partial charge in [0.05, 0.1) is 0 Å². The number of carbonyl (C=O) groups is 1. The van der Waals surface area contributed by atoms with Crippen molar-refractivity contribution >= 4 is 23.1 Å². The molecule has 6 heteroatoms. The van der Waals surface area contributed by atoms with E-state index in [4.69, 9.17) is 18.0 Å². The number of hydrogen-bond acceptors (Lipinski definition) is 4. The molecular weight excluding hydrogens is 260 g/mol. The lowest BCUT2D eigenvalue weighted by molar-refractivity contribution is -0.119. The van der Waals surface area contributed by atoms with Crippen LogP contribution in [0.25, 0.3) is 0 Å². The molecule has 1 aliphatic heterocycles. The summed E-state index contributed by atoms with van der Waals surface area (Å²) in [6.45, 7) is 4.12. The normalized spacial score (nSPS) is 19.3. The molecule has 2 rings (SSSR count). The minimum atomic E-state index is 0.0250. The second kappa shape index (κ2) is 6.08. The highest BCUT2D eigenvalue weighted by atomic mass is 32.1. The van der Waals surface area contributed by atoms with Crippen LogP contribution in [0.15, 0.2) is 18.3 Å². The monoisotopic (exact) mass is 278 g/mol. The molecule has 0 saturated carbocycles. The molecule has 102 valence electrons. The summed E-state index contributed by atoms with van der Waals surface area (Å²) < 4.78 is 0. The van der Waals surface area contributed by atoms with E-state index in [1.54, 1.807) is 13.1 Å². The van der Waals surface area contributed by atoms with Crippen LogP contribution in [0.2, 0.25) is 0 Å². The Bertz CT molecular complexity index is 491. The van der Waals surface area contributed by atoms with Gasteiger partial charge in [-0.15, -0.1) is 0 Å². The highest BCUT2D eigenvalue weighted by Crippen LogP contribution is 2.15. The molecule has 5 nitrogen and oxygen atoms in total. The smallest absolute Gasteiger partial charge is 0.217 e. The average Bonchev–Trinajstić information content (AvgIpc) is 2.76. The summed E-state index contributed by atoms with van der Waals surface area (Å²) in [7, 11) is 0. The van der Waals surface area contributed by atoms with E-state index in [2.05, 4.69) is 15.2 Å². The van der Waals surface area contributed by atoms with Crippen molar-refractivity contribution < 1.29 is 4.79 Å². The molecular formula is C13H18N4OS. The SMILES string of the molecule is CC(=O)NC1CCN(Cc2cccnc2C(N)=S)C1. The summed E-state index contributed by atoms with van der Waals surface area (Å²) in [5.74, 6) is 0.0250. The highest BCUT2D eigenvalue weighted by Gasteiger charge is 2.23. The number of nitrogens with one attached hydrogen (secondary N) is 1. The van der Waals surface area contributed by atoms with Crippen LogP contribution < -0.4 is 11.1 Å². The van der Waals surface area contributed by atoms with Crippen molar-refractivity contribution in [2.75, 3.05) is 13.1 Å². The maximum atomic E-state index is 11.0. The Balaban J connectivity index is 1.99. The van der Waals surface area contributed by atoms with Crippen molar-refractivity contribution in [2.45, 2.75) is 25.9 Å². The summed E-state index contributed by atoms with van der Waals surface area (Å²) >= 11 is 5.01. The van der Waals surface area contributed by atoms with Crippen LogP contribution in [0.4, 0.5) is 0 Å². The molecule has 1 atom stereocenters. The number of aromatic nitrogens is 1. The molecule has 1 aliphatic rings. The minimum Gasteiger partial charge on any atom is -0.388 e. The van der Waals surface area contributed by atoms with Crippen molar-refractivity contribution in [3.8, 4) is 0 Å². The van der Waals surface area contributed by atoms with E-state index in [0.717, 1.165) is 31.6 Å². The van der Waals surface area contributed by atoms with Crippen molar-refractivity contribution in [2.24, 2.45) is 5.73 Å². The summed E-state index contributed by atoms with van der Waals surface area (Å²) in [4.78, 5) is 17.9. The number of nitrogens with two attached hydrogens (primary N) is 1. The Hall–Kier alpha value is -1.53. The summed E-state index contributed by atoms with van der Waals surface area (Å²) in [6.07, 6.45) is 2.67. The van der Waals surface area contributed by atoms with Gasteiger partial charge in [-0.05, 0) is 18.1 Å². The van der Waals surface area contributed by atoms with Gasteiger partial charge in [-0.2, -0.15) is 0 Å². The van der Waals surface area contributed by atoms with Crippen LogP contribution in [-0.2, 0) is 11.3 Å². The van der Waals surface area contributed by atoms with Crippen LogP contribution in [-0.4, -0.2) is 39.9 Å². The second-order valence-electron chi connectivity index (χ2n) is 4.80. The first-order valence-electron chi connectivity index (χ1n) is 6.29. The molecule has 0 spiro atoms. The Morgan fingerprint density at radius 1 is 1.68 bits per heavy atom. The third-order valence-electron chi connectivity index (χ3n) is 3.20. The molecule has 19 heavy (non-hydrogen) atoms. The summed E-state index contributed by atoms with van der Waals surface area (Å²) in [6, 6.07) is 4.12. The third kappa shape index (κ3) is 3.71. The molecule has 1 aromatic rings. The first kappa shape index (κ1) is 13.9. The molecule has 0 radical (unpaired) electrons. The van der Waals surface area contributed by atoms with Gasteiger partial charge in [-0.3, -0.25) is 14.7 Å². The number of carbonyl (C=O) groups excluding carboxylic acids is 1. The van der Waals surface area contributed by atoms with E-state index in [1.807, 2.05) is 12.1 Å². The topological polar surface area (TPSA) is 71.2 Å². The Morgan fingerprint density at radius 2 is 2.47 bits per heavy atom. The maximum absolute atomic E-state index is 11.0. The van der Waals surface area contributed by atoms with Gasteiger partial charge in [0, 0.05) is 38.8 Å². The van der Waals surface area contributed by atoms with Gasteiger partial charge in [0.1, 0.15) is 10.7 Å². The standard InChI is InChI=1S/C13H18N4OS/c1-9(18)16-11-4-6-17(8-11)7-10-3-2-5-15-12(10)13(14)19/h2-3,5,11H,4,6-8H2,1H3,(H2,14,19)(H,16,18). The number of hydrogen-bond donors (Lipinski definition) is 2. The number of nitrogens with zero attached hydrogens (tertiary/aromatic N) is 2. The van der Waals surface area contributed by atoms with Crippen molar-refractivity contribution in [3.63, 3.8) is 0 Å². The van der Waals surface area contributed by atoms with Gasteiger partial charge in [-0.25, -0.2) is 0 Å². The lowest BCUT2D eigenvalue weighted by Gasteiger charge is -2.17. The van der Waals surface area contributed by atoms with Crippen LogP contribution in [0.3, 0.4) is 0 Å². The largest absolute Gasteiger partial charge is 0.388 e. The first-order valence-corrected chi connectivity index (χ1v) is 6.70. The van der Waals surface area contributed by atoms with E-state index in [9.17, 15) is 4.79 Å². The Kier molecular flexibility index (Phi) is 4.44. The zero-order valence-electron chi connectivity index (χ0n) is 10.9. The highest BCUT2D eigenvalue weighted by molar-refractivity contribution is 7.80. The molecule has 1 amide bonds. The van der Waals surface area contributed by atoms with E-state index < -0.39 is 0 Å². The lowest BCUT2D eigenvalue weighted by Crippen LogP contribution is -2.35. The van der Waals surface area contributed by atoms with E-state index in [0.29, 0.717) is 10.7 Å². The van der Waals surface area contributed by atoms with E-state index in [-0.39, 0.29) is 11.9 Å². The average molecular weight is 278 g/mol. The molecule has 1 unspecified atom stereocenters. The second-order valence-corrected chi connectivity index (χ2v) is 5.24. The number of rotatable bonds is 4. The molecule has 1 aromatic heterocycles. The first-order chi connectivity index (χ1) is 9.06. The fourth-order valence-electron chi connectivity index (χ4n) is 2.41.